The van der Waals surface area contributed by atoms with Crippen LogP contribution in [0.3, 0.4) is 0 Å². The van der Waals surface area contributed by atoms with E-state index >= 15 is 0 Å². The largest absolute Gasteiger partial charge is 0.493 e. The number of rotatable bonds is 7. The number of carbonyl (C=O) groups excluding carboxylic acids is 1. The summed E-state index contributed by atoms with van der Waals surface area (Å²) in [6.07, 6.45) is 3.57. The molecule has 1 amide bonds. The lowest BCUT2D eigenvalue weighted by atomic mass is 9.96. The summed E-state index contributed by atoms with van der Waals surface area (Å²) < 4.78 is 12.1. The highest BCUT2D eigenvalue weighted by molar-refractivity contribution is 6.01. The van der Waals surface area contributed by atoms with Crippen LogP contribution >= 0.6 is 0 Å². The zero-order valence-electron chi connectivity index (χ0n) is 21.9. The van der Waals surface area contributed by atoms with E-state index in [1.165, 1.54) is 5.56 Å². The number of piperazine rings is 1. The summed E-state index contributed by atoms with van der Waals surface area (Å²) in [4.78, 5) is 17.6. The minimum absolute atomic E-state index is 0.0486. The van der Waals surface area contributed by atoms with Gasteiger partial charge in [0.15, 0.2) is 0 Å². The lowest BCUT2D eigenvalue weighted by molar-refractivity contribution is -0.127. The number of fused-ring (bicyclic) bond motifs is 1. The van der Waals surface area contributed by atoms with E-state index in [-0.39, 0.29) is 5.91 Å². The Bertz CT molecular complexity index is 1400. The molecule has 0 bridgehead atoms. The van der Waals surface area contributed by atoms with E-state index in [0.29, 0.717) is 6.61 Å². The Balaban J connectivity index is 1.39. The van der Waals surface area contributed by atoms with Gasteiger partial charge >= 0.3 is 0 Å². The molecule has 37 heavy (non-hydrogen) atoms. The van der Waals surface area contributed by atoms with Crippen LogP contribution in [0.5, 0.6) is 5.75 Å². The summed E-state index contributed by atoms with van der Waals surface area (Å²) in [7, 11) is 0. The number of carbonyl (C=O) groups is 1. The number of hydrogen-bond donors (Lipinski definition) is 0. The molecule has 0 radical (unpaired) electrons. The van der Waals surface area contributed by atoms with Crippen molar-refractivity contribution in [1.82, 2.24) is 9.80 Å². The van der Waals surface area contributed by atoms with Gasteiger partial charge in [-0.15, -0.1) is 0 Å². The van der Waals surface area contributed by atoms with Gasteiger partial charge in [0.2, 0.25) is 5.91 Å². The van der Waals surface area contributed by atoms with Gasteiger partial charge in [0.05, 0.1) is 12.9 Å². The van der Waals surface area contributed by atoms with Crippen molar-refractivity contribution in [2.75, 3.05) is 32.8 Å². The Morgan fingerprint density at radius 3 is 2.35 bits per heavy atom. The number of aryl methyl sites for hydroxylation is 1. The lowest BCUT2D eigenvalue weighted by Crippen LogP contribution is -2.47. The number of furan rings is 1. The molecule has 190 valence electrons. The lowest BCUT2D eigenvalue weighted by Gasteiger charge is -2.34. The van der Waals surface area contributed by atoms with E-state index in [9.17, 15) is 4.79 Å². The molecule has 5 nitrogen and oxygen atoms in total. The number of hydrogen-bond acceptors (Lipinski definition) is 4. The fourth-order valence-electron chi connectivity index (χ4n) is 5.10. The fraction of sp³-hybridized carbons (Fsp3) is 0.281. The van der Waals surface area contributed by atoms with E-state index < -0.39 is 0 Å². The SMILES string of the molecule is CCOc1c(/C(C)=C/C(=O)N2CCN(Cc3ccccc3)CC2)cc2c(-c3ccccc3)coc2c1C. The molecular formula is C32H34N2O3. The van der Waals surface area contributed by atoms with Gasteiger partial charge in [-0.25, -0.2) is 0 Å². The monoisotopic (exact) mass is 494 g/mol. The van der Waals surface area contributed by atoms with Gasteiger partial charge in [-0.05, 0) is 43.5 Å². The van der Waals surface area contributed by atoms with Gasteiger partial charge in [0.1, 0.15) is 11.3 Å². The van der Waals surface area contributed by atoms with E-state index in [1.807, 2.05) is 56.2 Å². The topological polar surface area (TPSA) is 45.9 Å². The maximum absolute atomic E-state index is 13.3. The third-order valence-corrected chi connectivity index (χ3v) is 7.12. The molecule has 4 aromatic rings. The molecule has 3 aromatic carbocycles. The first kappa shape index (κ1) is 24.8. The second kappa shape index (κ2) is 11.1. The summed E-state index contributed by atoms with van der Waals surface area (Å²) in [6.45, 7) is 10.7. The maximum atomic E-state index is 13.3. The Morgan fingerprint density at radius 2 is 1.68 bits per heavy atom. The molecule has 5 heteroatoms. The van der Waals surface area contributed by atoms with Crippen LogP contribution in [0.4, 0.5) is 0 Å². The zero-order chi connectivity index (χ0) is 25.8. The van der Waals surface area contributed by atoms with Crippen molar-refractivity contribution in [3.63, 3.8) is 0 Å². The highest BCUT2D eigenvalue weighted by Crippen LogP contribution is 2.40. The van der Waals surface area contributed by atoms with E-state index in [0.717, 1.165) is 77.3 Å². The zero-order valence-corrected chi connectivity index (χ0v) is 21.9. The fourth-order valence-corrected chi connectivity index (χ4v) is 5.10. The Hall–Kier alpha value is -3.83. The molecule has 0 N–H and O–H groups in total. The molecular weight excluding hydrogens is 460 g/mol. The standard InChI is InChI=1S/C32H34N2O3/c1-4-36-31-24(3)32-28(29(22-37-32)26-13-9-6-10-14-26)20-27(31)23(2)19-30(35)34-17-15-33(16-18-34)21-25-11-7-5-8-12-25/h5-14,19-20,22H,4,15-18,21H2,1-3H3/b23-19+. The Labute approximate surface area is 219 Å². The predicted molar refractivity (Wildman–Crippen MR) is 150 cm³/mol. The van der Waals surface area contributed by atoms with Crippen molar-refractivity contribution in [2.45, 2.75) is 27.3 Å². The minimum Gasteiger partial charge on any atom is -0.493 e. The van der Waals surface area contributed by atoms with Crippen LogP contribution in [-0.4, -0.2) is 48.5 Å². The van der Waals surface area contributed by atoms with Gasteiger partial charge in [-0.1, -0.05) is 60.7 Å². The summed E-state index contributed by atoms with van der Waals surface area (Å²) >= 11 is 0. The second-order valence-corrected chi connectivity index (χ2v) is 9.62. The number of ether oxygens (including phenoxy) is 1. The first-order chi connectivity index (χ1) is 18.0. The van der Waals surface area contributed by atoms with Gasteiger partial charge in [0.25, 0.3) is 0 Å². The summed E-state index contributed by atoms with van der Waals surface area (Å²) in [5.74, 6) is 0.825. The predicted octanol–water partition coefficient (Wildman–Crippen LogP) is 6.55. The van der Waals surface area contributed by atoms with Gasteiger partial charge in [-0.2, -0.15) is 0 Å². The van der Waals surface area contributed by atoms with Crippen LogP contribution in [0.2, 0.25) is 0 Å². The van der Waals surface area contributed by atoms with Crippen LogP contribution in [0.1, 0.15) is 30.5 Å². The average molecular weight is 495 g/mol. The Kier molecular flexibility index (Phi) is 7.42. The quantitative estimate of drug-likeness (QED) is 0.273. The third kappa shape index (κ3) is 5.32. The van der Waals surface area contributed by atoms with E-state index in [4.69, 9.17) is 9.15 Å². The molecule has 1 aromatic heterocycles. The molecule has 2 heterocycles. The van der Waals surface area contributed by atoms with Crippen molar-refractivity contribution in [2.24, 2.45) is 0 Å². The molecule has 0 saturated carbocycles. The highest BCUT2D eigenvalue weighted by Gasteiger charge is 2.22. The number of benzene rings is 3. The van der Waals surface area contributed by atoms with Gasteiger partial charge in [-0.3, -0.25) is 9.69 Å². The smallest absolute Gasteiger partial charge is 0.246 e. The first-order valence-electron chi connectivity index (χ1n) is 13.0. The van der Waals surface area contributed by atoms with Crippen molar-refractivity contribution in [3.05, 3.63) is 95.8 Å². The van der Waals surface area contributed by atoms with E-state index in [1.54, 1.807) is 6.08 Å². The maximum Gasteiger partial charge on any atom is 0.246 e. The van der Waals surface area contributed by atoms with Crippen molar-refractivity contribution in [1.29, 1.82) is 0 Å². The first-order valence-corrected chi connectivity index (χ1v) is 13.0. The molecule has 1 fully saturated rings. The highest BCUT2D eigenvalue weighted by atomic mass is 16.5. The van der Waals surface area contributed by atoms with Crippen LogP contribution in [0.15, 0.2) is 83.5 Å². The van der Waals surface area contributed by atoms with Crippen molar-refractivity contribution >= 4 is 22.4 Å². The van der Waals surface area contributed by atoms with Gasteiger partial charge in [0, 0.05) is 60.9 Å². The van der Waals surface area contributed by atoms with Crippen molar-refractivity contribution < 1.29 is 13.9 Å². The second-order valence-electron chi connectivity index (χ2n) is 9.62. The molecule has 5 rings (SSSR count). The average Bonchev–Trinajstić information content (AvgIpc) is 3.36. The number of nitrogens with zero attached hydrogens (tertiary/aromatic N) is 2. The molecule has 1 aliphatic heterocycles. The summed E-state index contributed by atoms with van der Waals surface area (Å²) in [6, 6.07) is 22.8. The van der Waals surface area contributed by atoms with E-state index in [2.05, 4.69) is 47.4 Å². The van der Waals surface area contributed by atoms with Crippen molar-refractivity contribution in [3.8, 4) is 16.9 Å². The normalized spacial score (nSPS) is 14.8. The Morgan fingerprint density at radius 1 is 1.00 bits per heavy atom. The molecule has 0 spiro atoms. The molecule has 0 atom stereocenters. The summed E-state index contributed by atoms with van der Waals surface area (Å²) in [5, 5.41) is 1.02. The van der Waals surface area contributed by atoms with Gasteiger partial charge < -0.3 is 14.1 Å². The van der Waals surface area contributed by atoms with Crippen LogP contribution < -0.4 is 4.74 Å². The summed E-state index contributed by atoms with van der Waals surface area (Å²) in [5.41, 5.74) is 7.04. The number of allylic oxidation sites excluding steroid dienone is 1. The molecule has 1 aliphatic rings. The minimum atomic E-state index is 0.0486. The molecule has 0 aliphatic carbocycles. The molecule has 0 unspecified atom stereocenters. The third-order valence-electron chi connectivity index (χ3n) is 7.12. The molecule has 1 saturated heterocycles. The number of amides is 1. The van der Waals surface area contributed by atoms with Crippen LogP contribution in [0.25, 0.3) is 27.7 Å². The van der Waals surface area contributed by atoms with Crippen LogP contribution in [0, 0.1) is 6.92 Å². The van der Waals surface area contributed by atoms with Crippen LogP contribution in [-0.2, 0) is 11.3 Å².